The molecule has 0 spiro atoms. The molecular formula is C20H32ClN5O. The molecule has 0 aliphatic carbocycles. The number of nitrogens with two attached hydrogens (primary N) is 1. The van der Waals surface area contributed by atoms with E-state index in [-0.39, 0.29) is 12.4 Å². The van der Waals surface area contributed by atoms with Crippen LogP contribution in [-0.4, -0.2) is 60.6 Å². The van der Waals surface area contributed by atoms with E-state index in [0.29, 0.717) is 6.54 Å². The van der Waals surface area contributed by atoms with E-state index < -0.39 is 0 Å². The van der Waals surface area contributed by atoms with Gasteiger partial charge in [-0.25, -0.2) is 0 Å². The average Bonchev–Trinajstić information content (AvgIpc) is 2.94. The molecular weight excluding hydrogens is 362 g/mol. The fourth-order valence-electron chi connectivity index (χ4n) is 3.65. The standard InChI is InChI=1S/C20H31N5O.ClH/c1-17-19(20(23(2)22-17)25-12-14-26-15-13-25)16-24(11-9-21)10-8-18-6-4-3-5-7-18;/h3-7H,8-16,21H2,1-2H3;1H. The molecule has 0 saturated carbocycles. The van der Waals surface area contributed by atoms with Crippen LogP contribution in [0.4, 0.5) is 5.82 Å². The fraction of sp³-hybridized carbons (Fsp3) is 0.550. The number of morpholine rings is 1. The van der Waals surface area contributed by atoms with Gasteiger partial charge >= 0.3 is 0 Å². The summed E-state index contributed by atoms with van der Waals surface area (Å²) in [5.74, 6) is 1.23. The fourth-order valence-corrected chi connectivity index (χ4v) is 3.65. The van der Waals surface area contributed by atoms with Crippen molar-refractivity contribution in [1.29, 1.82) is 0 Å². The minimum atomic E-state index is 0. The zero-order chi connectivity index (χ0) is 18.4. The maximum Gasteiger partial charge on any atom is 0.131 e. The van der Waals surface area contributed by atoms with Gasteiger partial charge in [0.15, 0.2) is 0 Å². The van der Waals surface area contributed by atoms with Crippen LogP contribution in [0.15, 0.2) is 30.3 Å². The third-order valence-electron chi connectivity index (χ3n) is 5.01. The van der Waals surface area contributed by atoms with Crippen molar-refractivity contribution in [2.24, 2.45) is 12.8 Å². The minimum absolute atomic E-state index is 0. The highest BCUT2D eigenvalue weighted by molar-refractivity contribution is 5.85. The van der Waals surface area contributed by atoms with Crippen LogP contribution in [-0.2, 0) is 24.8 Å². The highest BCUT2D eigenvalue weighted by Gasteiger charge is 2.22. The van der Waals surface area contributed by atoms with Crippen LogP contribution < -0.4 is 10.6 Å². The Kier molecular flexibility index (Phi) is 8.57. The zero-order valence-corrected chi connectivity index (χ0v) is 17.2. The summed E-state index contributed by atoms with van der Waals surface area (Å²) in [6, 6.07) is 10.6. The summed E-state index contributed by atoms with van der Waals surface area (Å²) in [4.78, 5) is 4.84. The van der Waals surface area contributed by atoms with Crippen molar-refractivity contribution in [3.63, 3.8) is 0 Å². The van der Waals surface area contributed by atoms with Gasteiger partial charge in [-0.15, -0.1) is 12.4 Å². The van der Waals surface area contributed by atoms with Crippen LogP contribution >= 0.6 is 12.4 Å². The Hall–Kier alpha value is -1.60. The SMILES string of the molecule is Cc1nn(C)c(N2CCOCC2)c1CN(CCN)CCc1ccccc1.Cl. The smallest absolute Gasteiger partial charge is 0.131 e. The van der Waals surface area contributed by atoms with Gasteiger partial charge in [0.1, 0.15) is 5.82 Å². The van der Waals surface area contributed by atoms with Crippen molar-refractivity contribution < 1.29 is 4.74 Å². The number of halogens is 1. The highest BCUT2D eigenvalue weighted by atomic mass is 35.5. The van der Waals surface area contributed by atoms with Gasteiger partial charge < -0.3 is 15.4 Å². The summed E-state index contributed by atoms with van der Waals surface area (Å²) in [6.45, 7) is 8.96. The molecule has 1 aliphatic heterocycles. The third-order valence-corrected chi connectivity index (χ3v) is 5.01. The van der Waals surface area contributed by atoms with Gasteiger partial charge in [0, 0.05) is 51.9 Å². The van der Waals surface area contributed by atoms with Crippen LogP contribution in [0.2, 0.25) is 0 Å². The molecule has 2 aromatic rings. The van der Waals surface area contributed by atoms with E-state index in [0.717, 1.165) is 58.1 Å². The molecule has 1 saturated heterocycles. The Morgan fingerprint density at radius 3 is 2.52 bits per heavy atom. The van der Waals surface area contributed by atoms with Crippen LogP contribution in [0.5, 0.6) is 0 Å². The predicted molar refractivity (Wildman–Crippen MR) is 113 cm³/mol. The molecule has 3 rings (SSSR count). The molecule has 27 heavy (non-hydrogen) atoms. The van der Waals surface area contributed by atoms with Crippen molar-refractivity contribution >= 4 is 18.2 Å². The summed E-state index contributed by atoms with van der Waals surface area (Å²) in [7, 11) is 2.04. The maximum atomic E-state index is 5.89. The maximum absolute atomic E-state index is 5.89. The molecule has 0 amide bonds. The van der Waals surface area contributed by atoms with Gasteiger partial charge in [0.05, 0.1) is 18.9 Å². The first-order chi connectivity index (χ1) is 12.7. The van der Waals surface area contributed by atoms with E-state index in [9.17, 15) is 0 Å². The van der Waals surface area contributed by atoms with E-state index >= 15 is 0 Å². The quantitative estimate of drug-likeness (QED) is 0.743. The van der Waals surface area contributed by atoms with E-state index in [4.69, 9.17) is 15.6 Å². The summed E-state index contributed by atoms with van der Waals surface area (Å²) >= 11 is 0. The van der Waals surface area contributed by atoms with Crippen molar-refractivity contribution in [2.45, 2.75) is 19.9 Å². The molecule has 2 N–H and O–H groups in total. The normalized spacial score (nSPS) is 14.4. The zero-order valence-electron chi connectivity index (χ0n) is 16.4. The van der Waals surface area contributed by atoms with Gasteiger partial charge in [-0.2, -0.15) is 5.10 Å². The number of nitrogens with zero attached hydrogens (tertiary/aromatic N) is 4. The number of anilines is 1. The Bertz CT molecular complexity index is 685. The Morgan fingerprint density at radius 2 is 1.85 bits per heavy atom. The second-order valence-electron chi connectivity index (χ2n) is 6.91. The number of aryl methyl sites for hydroxylation is 2. The molecule has 0 unspecified atom stereocenters. The molecule has 0 bridgehead atoms. The van der Waals surface area contributed by atoms with E-state index in [1.165, 1.54) is 16.9 Å². The minimum Gasteiger partial charge on any atom is -0.378 e. The molecule has 150 valence electrons. The molecule has 6 nitrogen and oxygen atoms in total. The first-order valence-corrected chi connectivity index (χ1v) is 9.50. The Balaban J connectivity index is 0.00000261. The molecule has 1 fully saturated rings. The summed E-state index contributed by atoms with van der Waals surface area (Å²) in [5.41, 5.74) is 9.68. The highest BCUT2D eigenvalue weighted by Crippen LogP contribution is 2.25. The average molecular weight is 394 g/mol. The molecule has 1 aromatic heterocycles. The van der Waals surface area contributed by atoms with Crippen molar-refractivity contribution in [2.75, 3.05) is 50.8 Å². The number of benzene rings is 1. The first-order valence-electron chi connectivity index (χ1n) is 9.50. The Morgan fingerprint density at radius 1 is 1.15 bits per heavy atom. The van der Waals surface area contributed by atoms with Gasteiger partial charge in [0.2, 0.25) is 0 Å². The van der Waals surface area contributed by atoms with Crippen LogP contribution in [0.25, 0.3) is 0 Å². The second-order valence-corrected chi connectivity index (χ2v) is 6.91. The van der Waals surface area contributed by atoms with Crippen LogP contribution in [0.3, 0.4) is 0 Å². The monoisotopic (exact) mass is 393 g/mol. The van der Waals surface area contributed by atoms with Crippen LogP contribution in [0.1, 0.15) is 16.8 Å². The number of rotatable bonds is 8. The van der Waals surface area contributed by atoms with E-state index in [1.54, 1.807) is 0 Å². The molecule has 1 aromatic carbocycles. The molecule has 7 heteroatoms. The number of hydrogen-bond donors (Lipinski definition) is 1. The molecule has 2 heterocycles. The lowest BCUT2D eigenvalue weighted by molar-refractivity contribution is 0.122. The van der Waals surface area contributed by atoms with Gasteiger partial charge in [0.25, 0.3) is 0 Å². The largest absolute Gasteiger partial charge is 0.378 e. The number of ether oxygens (including phenoxy) is 1. The lowest BCUT2D eigenvalue weighted by Crippen LogP contribution is -2.38. The number of hydrogen-bond acceptors (Lipinski definition) is 5. The van der Waals surface area contributed by atoms with Crippen LogP contribution in [0, 0.1) is 6.92 Å². The molecule has 0 atom stereocenters. The predicted octanol–water partition coefficient (Wildman–Crippen LogP) is 1.99. The van der Waals surface area contributed by atoms with Crippen molar-refractivity contribution in [1.82, 2.24) is 14.7 Å². The van der Waals surface area contributed by atoms with Gasteiger partial charge in [-0.05, 0) is 18.9 Å². The van der Waals surface area contributed by atoms with Crippen molar-refractivity contribution in [3.05, 3.63) is 47.2 Å². The topological polar surface area (TPSA) is 59.5 Å². The lowest BCUT2D eigenvalue weighted by atomic mass is 10.1. The number of aromatic nitrogens is 2. The van der Waals surface area contributed by atoms with E-state index in [1.807, 2.05) is 11.7 Å². The Labute approximate surface area is 168 Å². The van der Waals surface area contributed by atoms with Crippen molar-refractivity contribution in [3.8, 4) is 0 Å². The summed E-state index contributed by atoms with van der Waals surface area (Å²) < 4.78 is 7.54. The van der Waals surface area contributed by atoms with Gasteiger partial charge in [-0.1, -0.05) is 30.3 Å². The second kappa shape index (κ2) is 10.7. The first kappa shape index (κ1) is 21.7. The third kappa shape index (κ3) is 5.69. The summed E-state index contributed by atoms with van der Waals surface area (Å²) in [6.07, 6.45) is 1.03. The lowest BCUT2D eigenvalue weighted by Gasteiger charge is -2.31. The van der Waals surface area contributed by atoms with Gasteiger partial charge in [-0.3, -0.25) is 9.58 Å². The molecule has 0 radical (unpaired) electrons. The summed E-state index contributed by atoms with van der Waals surface area (Å²) in [5, 5.41) is 4.69. The molecule has 1 aliphatic rings. The van der Waals surface area contributed by atoms with E-state index in [2.05, 4.69) is 47.1 Å².